The minimum atomic E-state index is -0.283. The first kappa shape index (κ1) is 19.6. The van der Waals surface area contributed by atoms with E-state index in [1.54, 1.807) is 11.1 Å². The van der Waals surface area contributed by atoms with Crippen molar-refractivity contribution < 1.29 is 14.3 Å². The molecule has 0 unspecified atom stereocenters. The highest BCUT2D eigenvalue weighted by atomic mass is 16.5. The molecule has 2 amide bonds. The molecular formula is C22H25N3O3. The zero-order valence-electron chi connectivity index (χ0n) is 15.8. The number of carbonyl (C=O) groups excluding carboxylic acids is 2. The molecule has 1 heterocycles. The van der Waals surface area contributed by atoms with Gasteiger partial charge in [0.05, 0.1) is 6.21 Å². The van der Waals surface area contributed by atoms with Crippen LogP contribution in [0, 0.1) is 0 Å². The lowest BCUT2D eigenvalue weighted by atomic mass is 10.2. The Hall–Kier alpha value is -3.15. The van der Waals surface area contributed by atoms with E-state index in [-0.39, 0.29) is 18.4 Å². The summed E-state index contributed by atoms with van der Waals surface area (Å²) in [6.07, 6.45) is 4.98. The van der Waals surface area contributed by atoms with Crippen LogP contribution in [0.25, 0.3) is 0 Å². The third kappa shape index (κ3) is 6.23. The van der Waals surface area contributed by atoms with E-state index < -0.39 is 0 Å². The van der Waals surface area contributed by atoms with Gasteiger partial charge < -0.3 is 9.64 Å². The van der Waals surface area contributed by atoms with Gasteiger partial charge >= 0.3 is 0 Å². The summed E-state index contributed by atoms with van der Waals surface area (Å²) in [4.78, 5) is 25.5. The summed E-state index contributed by atoms with van der Waals surface area (Å²) >= 11 is 0. The molecule has 0 saturated carbocycles. The molecule has 6 nitrogen and oxygen atoms in total. The second-order valence-electron chi connectivity index (χ2n) is 6.76. The van der Waals surface area contributed by atoms with Crippen LogP contribution in [-0.2, 0) is 16.2 Å². The highest BCUT2D eigenvalue weighted by Crippen LogP contribution is 2.13. The first-order chi connectivity index (χ1) is 13.7. The maximum Gasteiger partial charge on any atom is 0.259 e. The van der Waals surface area contributed by atoms with Gasteiger partial charge in [-0.15, -0.1) is 0 Å². The van der Waals surface area contributed by atoms with Crippen LogP contribution in [0.2, 0.25) is 0 Å². The molecule has 0 atom stereocenters. The van der Waals surface area contributed by atoms with Crippen LogP contribution in [0.5, 0.6) is 5.75 Å². The Morgan fingerprint density at radius 1 is 1.07 bits per heavy atom. The molecule has 2 aromatic carbocycles. The van der Waals surface area contributed by atoms with Crippen molar-refractivity contribution in [1.82, 2.24) is 10.3 Å². The average Bonchev–Trinajstić information content (AvgIpc) is 2.92. The smallest absolute Gasteiger partial charge is 0.259 e. The fourth-order valence-corrected chi connectivity index (χ4v) is 2.98. The van der Waals surface area contributed by atoms with E-state index in [1.807, 2.05) is 54.6 Å². The van der Waals surface area contributed by atoms with E-state index in [9.17, 15) is 9.59 Å². The Morgan fingerprint density at radius 3 is 2.64 bits per heavy atom. The number of likely N-dealkylation sites (tertiary alicyclic amines) is 1. The van der Waals surface area contributed by atoms with Gasteiger partial charge in [0.15, 0.2) is 0 Å². The highest BCUT2D eigenvalue weighted by molar-refractivity contribution is 5.86. The van der Waals surface area contributed by atoms with E-state index in [1.165, 1.54) is 0 Å². The molecule has 1 saturated heterocycles. The number of nitrogens with zero attached hydrogens (tertiary/aromatic N) is 2. The van der Waals surface area contributed by atoms with Crippen LogP contribution in [0.1, 0.15) is 36.8 Å². The number of rotatable bonds is 7. The fourth-order valence-electron chi connectivity index (χ4n) is 2.98. The lowest BCUT2D eigenvalue weighted by Crippen LogP contribution is -2.39. The molecule has 0 bridgehead atoms. The van der Waals surface area contributed by atoms with Gasteiger partial charge in [-0.25, -0.2) is 5.43 Å². The highest BCUT2D eigenvalue weighted by Gasteiger charge is 2.18. The van der Waals surface area contributed by atoms with Crippen molar-refractivity contribution in [3.05, 3.63) is 65.7 Å². The molecule has 0 radical (unpaired) electrons. The summed E-state index contributed by atoms with van der Waals surface area (Å²) in [7, 11) is 0. The quantitative estimate of drug-likeness (QED) is 0.593. The summed E-state index contributed by atoms with van der Waals surface area (Å²) in [5.41, 5.74) is 4.44. The summed E-state index contributed by atoms with van der Waals surface area (Å²) in [6, 6.07) is 17.4. The molecule has 6 heteroatoms. The molecule has 1 aliphatic heterocycles. The van der Waals surface area contributed by atoms with E-state index in [2.05, 4.69) is 10.5 Å². The van der Waals surface area contributed by atoms with Crippen LogP contribution in [0.4, 0.5) is 0 Å². The summed E-state index contributed by atoms with van der Waals surface area (Å²) < 4.78 is 5.74. The fraction of sp³-hybridized carbons (Fsp3) is 0.318. The predicted molar refractivity (Wildman–Crippen MR) is 108 cm³/mol. The molecule has 0 aliphatic carbocycles. The number of nitrogens with one attached hydrogen (secondary N) is 1. The first-order valence-corrected chi connectivity index (χ1v) is 9.57. The predicted octanol–water partition coefficient (Wildman–Crippen LogP) is 3.12. The van der Waals surface area contributed by atoms with E-state index in [0.717, 1.165) is 36.1 Å². The molecule has 28 heavy (non-hydrogen) atoms. The van der Waals surface area contributed by atoms with Crippen molar-refractivity contribution in [3.63, 3.8) is 0 Å². The Kier molecular flexibility index (Phi) is 7.18. The van der Waals surface area contributed by atoms with Crippen molar-refractivity contribution >= 4 is 18.0 Å². The van der Waals surface area contributed by atoms with Gasteiger partial charge in [-0.1, -0.05) is 36.8 Å². The Bertz CT molecular complexity index is 804. The second-order valence-corrected chi connectivity index (χ2v) is 6.76. The summed E-state index contributed by atoms with van der Waals surface area (Å²) in [5, 5.41) is 3.98. The van der Waals surface area contributed by atoms with E-state index >= 15 is 0 Å². The largest absolute Gasteiger partial charge is 0.489 e. The van der Waals surface area contributed by atoms with Crippen LogP contribution in [0.3, 0.4) is 0 Å². The van der Waals surface area contributed by atoms with Crippen LogP contribution < -0.4 is 10.2 Å². The average molecular weight is 379 g/mol. The van der Waals surface area contributed by atoms with Gasteiger partial charge in [0.1, 0.15) is 18.9 Å². The molecule has 3 rings (SSSR count). The van der Waals surface area contributed by atoms with Gasteiger partial charge in [0, 0.05) is 13.0 Å². The SMILES string of the molecule is O=C(CN1CCCCCC1=O)N/N=C\c1ccc(OCc2ccccc2)cc1. The molecule has 1 aliphatic rings. The van der Waals surface area contributed by atoms with Crippen molar-refractivity contribution in [1.29, 1.82) is 0 Å². The summed E-state index contributed by atoms with van der Waals surface area (Å²) in [5.74, 6) is 0.529. The standard InChI is InChI=1S/C22H25N3O3/c26-21(16-25-14-6-2-5-9-22(25)27)24-23-15-18-10-12-20(13-11-18)28-17-19-7-3-1-4-8-19/h1,3-4,7-8,10-13,15H,2,5-6,9,14,16-17H2,(H,24,26)/b23-15-. The van der Waals surface area contributed by atoms with Gasteiger partial charge in [0.2, 0.25) is 5.91 Å². The van der Waals surface area contributed by atoms with Crippen molar-refractivity contribution in [2.24, 2.45) is 5.10 Å². The molecule has 0 spiro atoms. The maximum atomic E-state index is 12.0. The van der Waals surface area contributed by atoms with Gasteiger partial charge in [-0.2, -0.15) is 5.10 Å². The third-order valence-electron chi connectivity index (χ3n) is 4.54. The topological polar surface area (TPSA) is 71.0 Å². The monoisotopic (exact) mass is 379 g/mol. The number of ether oxygens (including phenoxy) is 1. The first-order valence-electron chi connectivity index (χ1n) is 9.57. The molecule has 1 fully saturated rings. The van der Waals surface area contributed by atoms with Crippen LogP contribution in [0.15, 0.2) is 59.7 Å². The van der Waals surface area contributed by atoms with E-state index in [0.29, 0.717) is 19.6 Å². The molecule has 1 N–H and O–H groups in total. The Morgan fingerprint density at radius 2 is 1.86 bits per heavy atom. The lowest BCUT2D eigenvalue weighted by molar-refractivity contribution is -0.135. The minimum Gasteiger partial charge on any atom is -0.489 e. The number of hydrogen-bond acceptors (Lipinski definition) is 4. The van der Waals surface area contributed by atoms with Crippen LogP contribution in [-0.4, -0.2) is 36.0 Å². The van der Waals surface area contributed by atoms with Gasteiger partial charge in [0.25, 0.3) is 5.91 Å². The number of carbonyl (C=O) groups is 2. The Balaban J connectivity index is 1.43. The number of hydrazone groups is 1. The minimum absolute atomic E-state index is 0.0442. The zero-order valence-corrected chi connectivity index (χ0v) is 15.8. The van der Waals surface area contributed by atoms with E-state index in [4.69, 9.17) is 4.74 Å². The molecule has 2 aromatic rings. The second kappa shape index (κ2) is 10.3. The van der Waals surface area contributed by atoms with Gasteiger partial charge in [-0.3, -0.25) is 9.59 Å². The maximum absolute atomic E-state index is 12.0. The van der Waals surface area contributed by atoms with Crippen molar-refractivity contribution in [2.75, 3.05) is 13.1 Å². The molecule has 146 valence electrons. The number of hydrogen-bond donors (Lipinski definition) is 1. The van der Waals surface area contributed by atoms with Crippen molar-refractivity contribution in [2.45, 2.75) is 32.3 Å². The number of benzene rings is 2. The molecular weight excluding hydrogens is 354 g/mol. The summed E-state index contributed by atoms with van der Waals surface area (Å²) in [6.45, 7) is 1.21. The zero-order chi connectivity index (χ0) is 19.6. The van der Waals surface area contributed by atoms with Crippen LogP contribution >= 0.6 is 0 Å². The van der Waals surface area contributed by atoms with Gasteiger partial charge in [-0.05, 0) is 48.2 Å². The number of amides is 2. The lowest BCUT2D eigenvalue weighted by Gasteiger charge is -2.18. The third-order valence-corrected chi connectivity index (χ3v) is 4.54. The normalized spacial score (nSPS) is 14.7. The molecule has 0 aromatic heterocycles. The van der Waals surface area contributed by atoms with Crippen molar-refractivity contribution in [3.8, 4) is 5.75 Å². The Labute approximate surface area is 165 Å².